The monoisotopic (exact) mass is 341 g/mol. The van der Waals surface area contributed by atoms with Gasteiger partial charge in [-0.15, -0.1) is 11.3 Å². The van der Waals surface area contributed by atoms with Gasteiger partial charge in [-0.25, -0.2) is 4.79 Å². The van der Waals surface area contributed by atoms with E-state index < -0.39 is 12.1 Å². The minimum atomic E-state index is -0.647. The molecule has 1 unspecified atom stereocenters. The first-order valence-corrected chi connectivity index (χ1v) is 8.86. The van der Waals surface area contributed by atoms with Gasteiger partial charge in [0.25, 0.3) is 5.91 Å². The molecule has 0 fully saturated rings. The lowest BCUT2D eigenvalue weighted by Crippen LogP contribution is -2.31. The topological polar surface area (TPSA) is 64.6 Å². The zero-order valence-electron chi connectivity index (χ0n) is 14.4. The van der Waals surface area contributed by atoms with Crippen LogP contribution >= 0.6 is 11.3 Å². The van der Waals surface area contributed by atoms with Crippen molar-refractivity contribution < 1.29 is 19.1 Å². The molecule has 1 heterocycles. The summed E-state index contributed by atoms with van der Waals surface area (Å²) in [7, 11) is 0. The van der Waals surface area contributed by atoms with E-state index in [1.165, 1.54) is 4.88 Å². The Bertz CT molecular complexity index is 499. The van der Waals surface area contributed by atoms with Crippen LogP contribution in [0, 0.1) is 5.92 Å². The first-order valence-electron chi connectivity index (χ1n) is 8.04. The Morgan fingerprint density at radius 2 is 1.91 bits per heavy atom. The Morgan fingerprint density at radius 1 is 1.22 bits per heavy atom. The van der Waals surface area contributed by atoms with Crippen molar-refractivity contribution in [1.82, 2.24) is 5.32 Å². The molecule has 0 saturated carbocycles. The fraction of sp³-hybridized carbons (Fsp3) is 0.647. The lowest BCUT2D eigenvalue weighted by molar-refractivity contribution is -0.159. The Labute approximate surface area is 142 Å². The standard InChI is InChI=1S/C17H27NO4S/c1-5-14-6-7-15(23-14)10-18-16(19)11-22-17(20)13(4)21-9-8-12(2)3/h6-7,12-13H,5,8-11H2,1-4H3,(H,18,19). The third kappa shape index (κ3) is 8.13. The van der Waals surface area contributed by atoms with Gasteiger partial charge in [0.15, 0.2) is 12.7 Å². The fourth-order valence-corrected chi connectivity index (χ4v) is 2.64. The van der Waals surface area contributed by atoms with Gasteiger partial charge in [0.1, 0.15) is 0 Å². The molecule has 23 heavy (non-hydrogen) atoms. The first-order chi connectivity index (χ1) is 10.9. The summed E-state index contributed by atoms with van der Waals surface area (Å²) in [6.07, 6.45) is 1.23. The molecular weight excluding hydrogens is 314 g/mol. The van der Waals surface area contributed by atoms with Crippen molar-refractivity contribution in [2.45, 2.75) is 53.2 Å². The van der Waals surface area contributed by atoms with E-state index in [1.54, 1.807) is 18.3 Å². The van der Waals surface area contributed by atoms with E-state index in [1.807, 2.05) is 6.07 Å². The van der Waals surface area contributed by atoms with Crippen molar-refractivity contribution in [3.05, 3.63) is 21.9 Å². The predicted octanol–water partition coefficient (Wildman–Crippen LogP) is 2.92. The fourth-order valence-electron chi connectivity index (χ4n) is 1.75. The second-order valence-electron chi connectivity index (χ2n) is 5.80. The molecule has 0 aliphatic carbocycles. The van der Waals surface area contributed by atoms with E-state index in [4.69, 9.17) is 9.47 Å². The Balaban J connectivity index is 2.20. The number of thiophene rings is 1. The minimum absolute atomic E-state index is 0.275. The van der Waals surface area contributed by atoms with E-state index in [0.29, 0.717) is 19.1 Å². The van der Waals surface area contributed by atoms with Gasteiger partial charge in [0, 0.05) is 16.4 Å². The van der Waals surface area contributed by atoms with E-state index in [-0.39, 0.29) is 12.5 Å². The second-order valence-corrected chi connectivity index (χ2v) is 7.05. The molecule has 130 valence electrons. The van der Waals surface area contributed by atoms with Crippen molar-refractivity contribution in [3.63, 3.8) is 0 Å². The molecule has 1 N–H and O–H groups in total. The van der Waals surface area contributed by atoms with Crippen LogP contribution in [0.4, 0.5) is 0 Å². The number of amides is 1. The number of esters is 1. The Hall–Kier alpha value is -1.40. The minimum Gasteiger partial charge on any atom is -0.454 e. The summed E-state index contributed by atoms with van der Waals surface area (Å²) in [6, 6.07) is 4.06. The van der Waals surface area contributed by atoms with Crippen molar-refractivity contribution >= 4 is 23.2 Å². The lowest BCUT2D eigenvalue weighted by atomic mass is 10.1. The molecule has 5 nitrogen and oxygen atoms in total. The van der Waals surface area contributed by atoms with Gasteiger partial charge in [0.2, 0.25) is 0 Å². The van der Waals surface area contributed by atoms with E-state index >= 15 is 0 Å². The largest absolute Gasteiger partial charge is 0.454 e. The number of carbonyl (C=O) groups excluding carboxylic acids is 2. The summed E-state index contributed by atoms with van der Waals surface area (Å²) in [6.45, 7) is 8.61. The van der Waals surface area contributed by atoms with Crippen LogP contribution < -0.4 is 5.32 Å². The van der Waals surface area contributed by atoms with Crippen molar-refractivity contribution in [1.29, 1.82) is 0 Å². The molecule has 0 aromatic carbocycles. The molecule has 0 aliphatic heterocycles. The summed E-state index contributed by atoms with van der Waals surface area (Å²) in [4.78, 5) is 25.8. The maximum Gasteiger partial charge on any atom is 0.335 e. The highest BCUT2D eigenvalue weighted by atomic mass is 32.1. The summed E-state index contributed by atoms with van der Waals surface area (Å²) in [5.41, 5.74) is 0. The molecule has 0 saturated heterocycles. The van der Waals surface area contributed by atoms with Crippen LogP contribution in [0.25, 0.3) is 0 Å². The smallest absolute Gasteiger partial charge is 0.335 e. The summed E-state index contributed by atoms with van der Waals surface area (Å²) in [5, 5.41) is 2.74. The molecule has 0 spiro atoms. The van der Waals surface area contributed by atoms with Crippen LogP contribution in [0.15, 0.2) is 12.1 Å². The highest BCUT2D eigenvalue weighted by Crippen LogP contribution is 2.16. The Morgan fingerprint density at radius 3 is 2.52 bits per heavy atom. The number of hydrogen-bond donors (Lipinski definition) is 1. The van der Waals surface area contributed by atoms with Gasteiger partial charge < -0.3 is 14.8 Å². The van der Waals surface area contributed by atoms with E-state index in [2.05, 4.69) is 32.2 Å². The van der Waals surface area contributed by atoms with Crippen LogP contribution in [0.2, 0.25) is 0 Å². The highest BCUT2D eigenvalue weighted by Gasteiger charge is 2.16. The lowest BCUT2D eigenvalue weighted by Gasteiger charge is -2.13. The number of rotatable bonds is 10. The van der Waals surface area contributed by atoms with Gasteiger partial charge in [0.05, 0.1) is 6.54 Å². The zero-order chi connectivity index (χ0) is 17.2. The molecule has 1 atom stereocenters. The summed E-state index contributed by atoms with van der Waals surface area (Å²) >= 11 is 1.67. The van der Waals surface area contributed by atoms with Gasteiger partial charge >= 0.3 is 5.97 Å². The molecular formula is C17H27NO4S. The van der Waals surface area contributed by atoms with Crippen LogP contribution in [0.5, 0.6) is 0 Å². The average molecular weight is 341 g/mol. The van der Waals surface area contributed by atoms with Gasteiger partial charge in [-0.1, -0.05) is 20.8 Å². The maximum atomic E-state index is 11.7. The van der Waals surface area contributed by atoms with Crippen LogP contribution in [0.1, 0.15) is 43.9 Å². The van der Waals surface area contributed by atoms with Gasteiger partial charge in [-0.05, 0) is 37.8 Å². The number of aryl methyl sites for hydroxylation is 1. The molecule has 1 rings (SSSR count). The Kier molecular flexibility index (Phi) is 8.87. The average Bonchev–Trinajstić information content (AvgIpc) is 2.98. The third-order valence-electron chi connectivity index (χ3n) is 3.27. The molecule has 1 aromatic heterocycles. The van der Waals surface area contributed by atoms with Crippen molar-refractivity contribution in [3.8, 4) is 0 Å². The molecule has 6 heteroatoms. The van der Waals surface area contributed by atoms with Crippen molar-refractivity contribution in [2.75, 3.05) is 13.2 Å². The maximum absolute atomic E-state index is 11.7. The highest BCUT2D eigenvalue weighted by molar-refractivity contribution is 7.11. The molecule has 0 bridgehead atoms. The first kappa shape index (κ1) is 19.6. The summed E-state index contributed by atoms with van der Waals surface area (Å²) < 4.78 is 10.4. The number of ether oxygens (including phenoxy) is 2. The SMILES string of the molecule is CCc1ccc(CNC(=O)COC(=O)C(C)OCCC(C)C)s1. The quantitative estimate of drug-likeness (QED) is 0.665. The van der Waals surface area contributed by atoms with E-state index in [0.717, 1.165) is 17.7 Å². The second kappa shape index (κ2) is 10.4. The van der Waals surface area contributed by atoms with Gasteiger partial charge in [-0.3, -0.25) is 4.79 Å². The third-order valence-corrected chi connectivity index (χ3v) is 4.50. The zero-order valence-corrected chi connectivity index (χ0v) is 15.2. The van der Waals surface area contributed by atoms with Crippen LogP contribution in [0.3, 0.4) is 0 Å². The van der Waals surface area contributed by atoms with Gasteiger partial charge in [-0.2, -0.15) is 0 Å². The molecule has 1 amide bonds. The number of nitrogens with one attached hydrogen (secondary N) is 1. The normalized spacial score (nSPS) is 12.2. The molecule has 1 aromatic rings. The number of hydrogen-bond acceptors (Lipinski definition) is 5. The molecule has 0 radical (unpaired) electrons. The van der Waals surface area contributed by atoms with Crippen LogP contribution in [-0.4, -0.2) is 31.2 Å². The predicted molar refractivity (Wildman–Crippen MR) is 91.4 cm³/mol. The van der Waals surface area contributed by atoms with Crippen molar-refractivity contribution in [2.24, 2.45) is 5.92 Å². The molecule has 0 aliphatic rings. The number of carbonyl (C=O) groups is 2. The van der Waals surface area contributed by atoms with Crippen LogP contribution in [-0.2, 0) is 32.0 Å². The van der Waals surface area contributed by atoms with E-state index in [9.17, 15) is 9.59 Å². The summed E-state index contributed by atoms with van der Waals surface area (Å²) in [5.74, 6) is -0.290.